The molecule has 16 rings (SSSR count). The minimum absolute atomic E-state index is 0.0376. The summed E-state index contributed by atoms with van der Waals surface area (Å²) in [6, 6.07) is 62.0. The first-order valence-electron chi connectivity index (χ1n) is 52.1. The summed E-state index contributed by atoms with van der Waals surface area (Å²) in [6.07, 6.45) is 26.1. The minimum atomic E-state index is -0.117. The van der Waals surface area contributed by atoms with E-state index in [9.17, 15) is 38.4 Å². The van der Waals surface area contributed by atoms with Crippen molar-refractivity contribution in [1.29, 1.82) is 0 Å². The first-order chi connectivity index (χ1) is 68.9. The molecule has 0 atom stereocenters. The van der Waals surface area contributed by atoms with Crippen LogP contribution >= 0.6 is 0 Å². The van der Waals surface area contributed by atoms with Gasteiger partial charge < -0.3 is 50.3 Å². The molecule has 4 aliphatic heterocycles. The molecule has 4 amide bonds. The van der Waals surface area contributed by atoms with E-state index in [1.807, 2.05) is 105 Å². The molecule has 4 aliphatic rings. The molecule has 0 unspecified atom stereocenters. The van der Waals surface area contributed by atoms with Gasteiger partial charge in [0.25, 0.3) is 0 Å². The zero-order valence-corrected chi connectivity index (χ0v) is 85.8. The Bertz CT molecular complexity index is 6260. The van der Waals surface area contributed by atoms with E-state index in [4.69, 9.17) is 14.5 Å². The summed E-state index contributed by atoms with van der Waals surface area (Å²) in [6.45, 7) is 29.8. The van der Waals surface area contributed by atoms with Crippen LogP contribution in [0.25, 0.3) is 43.6 Å². The number of pyridine rings is 4. The highest BCUT2D eigenvalue weighted by molar-refractivity contribution is 6.06. The van der Waals surface area contributed by atoms with Gasteiger partial charge in [-0.2, -0.15) is 0 Å². The first-order valence-corrected chi connectivity index (χ1v) is 52.1. The van der Waals surface area contributed by atoms with Crippen LogP contribution in [0.4, 0.5) is 22.7 Å². The van der Waals surface area contributed by atoms with Crippen molar-refractivity contribution in [3.63, 3.8) is 0 Å². The fraction of sp³-hybridized carbons (Fsp3) is 0.433. The predicted molar refractivity (Wildman–Crippen MR) is 576 cm³/mol. The smallest absolute Gasteiger partial charge is 0.223 e. The number of anilines is 4. The van der Waals surface area contributed by atoms with E-state index < -0.39 is 0 Å². The molecule has 0 saturated carbocycles. The lowest BCUT2D eigenvalue weighted by Gasteiger charge is -2.34. The summed E-state index contributed by atoms with van der Waals surface area (Å²) in [7, 11) is 3.36. The molecule has 142 heavy (non-hydrogen) atoms. The third kappa shape index (κ3) is 28.4. The number of amides is 4. The second-order valence-corrected chi connectivity index (χ2v) is 39.6. The van der Waals surface area contributed by atoms with Gasteiger partial charge in [-0.25, -0.2) is 0 Å². The molecule has 0 aliphatic carbocycles. The number of nitrogens with one attached hydrogen (secondary N) is 4. The molecule has 8 heterocycles. The Morgan fingerprint density at radius 1 is 0.331 bits per heavy atom. The van der Waals surface area contributed by atoms with Gasteiger partial charge in [0.1, 0.15) is 11.5 Å². The van der Waals surface area contributed by atoms with Crippen LogP contribution in [0.5, 0.6) is 11.5 Å². The lowest BCUT2D eigenvalue weighted by molar-refractivity contribution is -0.126. The van der Waals surface area contributed by atoms with Gasteiger partial charge in [0.15, 0.2) is 23.1 Å². The van der Waals surface area contributed by atoms with Crippen molar-refractivity contribution < 1.29 is 47.8 Å². The van der Waals surface area contributed by atoms with Gasteiger partial charge in [-0.3, -0.25) is 58.3 Å². The molecule has 0 bridgehead atoms. The van der Waals surface area contributed by atoms with E-state index in [0.29, 0.717) is 61.6 Å². The Hall–Kier alpha value is -13.2. The van der Waals surface area contributed by atoms with E-state index in [1.54, 1.807) is 45.9 Å². The van der Waals surface area contributed by atoms with E-state index in [2.05, 4.69) is 195 Å². The highest BCUT2D eigenvalue weighted by atomic mass is 16.5. The fourth-order valence-corrected chi connectivity index (χ4v) is 19.9. The second-order valence-electron chi connectivity index (χ2n) is 39.6. The number of Topliss-reactive ketones (excluding diaryl/α,β-unsaturated/α-hetero) is 4. The molecule has 4 fully saturated rings. The van der Waals surface area contributed by atoms with Crippen LogP contribution in [0.1, 0.15) is 277 Å². The SMILES string of the molecule is CCCCNC(=O)C1CCN(c2cc3c(Cc4ccccc4)c(C(=O)CC(C)(C)C)cnc3cc2OC)CC1.CCCCNC(=O)C1CCN(c2cc3c(Cc4ccccc4)c(C(=O)CC)cnc3cc2OC)CC1.CCCCNC(=O)C1CCN(c2ccc3ncc(C(=O)CC)c(Cc4ccccc4)c3c2)CC1.CCCCNC(=O)C1CCN(c2ccc3ncc(C(C)=O)c(Cc4ccccc4)c3c2)CC1. The topological polar surface area (TPSA) is 268 Å². The number of hydrogen-bond donors (Lipinski definition) is 4. The highest BCUT2D eigenvalue weighted by Gasteiger charge is 2.33. The highest BCUT2D eigenvalue weighted by Crippen LogP contribution is 2.42. The maximum Gasteiger partial charge on any atom is 0.223 e. The zero-order chi connectivity index (χ0) is 101. The number of ether oxygens (including phenoxy) is 2. The Kier molecular flexibility index (Phi) is 39.2. The van der Waals surface area contributed by atoms with E-state index in [1.165, 1.54) is 11.1 Å². The molecule has 748 valence electrons. The summed E-state index contributed by atoms with van der Waals surface area (Å²) in [4.78, 5) is 130. The van der Waals surface area contributed by atoms with Crippen LogP contribution < -0.4 is 50.3 Å². The number of rotatable bonds is 37. The van der Waals surface area contributed by atoms with Gasteiger partial charge in [0.2, 0.25) is 23.6 Å². The average Bonchev–Trinajstić information content (AvgIpc) is 0.773. The lowest BCUT2D eigenvalue weighted by atomic mass is 9.85. The number of carbonyl (C=O) groups excluding carboxylic acids is 8. The number of aromatic nitrogens is 4. The number of unbranched alkanes of at least 4 members (excludes halogenated alkanes) is 4. The largest absolute Gasteiger partial charge is 0.495 e. The maximum atomic E-state index is 13.5. The van der Waals surface area contributed by atoms with E-state index >= 15 is 0 Å². The number of carbonyl (C=O) groups is 8. The third-order valence-corrected chi connectivity index (χ3v) is 28.2. The van der Waals surface area contributed by atoms with Crippen molar-refractivity contribution in [3.05, 3.63) is 274 Å². The summed E-state index contributed by atoms with van der Waals surface area (Å²) >= 11 is 0. The van der Waals surface area contributed by atoms with Crippen molar-refractivity contribution in [1.82, 2.24) is 41.2 Å². The second kappa shape index (κ2) is 52.5. The van der Waals surface area contributed by atoms with Crippen LogP contribution in [-0.4, -0.2) is 159 Å². The number of fused-ring (bicyclic) bond motifs is 4. The number of nitrogens with zero attached hydrogens (tertiary/aromatic N) is 8. The van der Waals surface area contributed by atoms with Crippen LogP contribution in [-0.2, 0) is 44.9 Å². The van der Waals surface area contributed by atoms with Crippen LogP contribution in [0.2, 0.25) is 0 Å². The minimum Gasteiger partial charge on any atom is -0.495 e. The normalized spacial score (nSPS) is 14.3. The molecule has 12 aromatic rings. The van der Waals surface area contributed by atoms with E-state index in [-0.39, 0.29) is 75.8 Å². The summed E-state index contributed by atoms with van der Waals surface area (Å²) in [5.41, 5.74) is 19.1. The molecule has 4 aromatic heterocycles. The molecule has 4 N–H and O–H groups in total. The van der Waals surface area contributed by atoms with Crippen LogP contribution in [0, 0.1) is 29.1 Å². The molecule has 22 heteroatoms. The molecule has 4 saturated heterocycles. The predicted octanol–water partition coefficient (Wildman–Crippen LogP) is 22.9. The summed E-state index contributed by atoms with van der Waals surface area (Å²) in [5.74, 6) is 2.93. The lowest BCUT2D eigenvalue weighted by Crippen LogP contribution is -2.41. The monoisotopic (exact) mass is 1920 g/mol. The summed E-state index contributed by atoms with van der Waals surface area (Å²) in [5, 5.41) is 16.4. The Morgan fingerprint density at radius 3 is 0.873 bits per heavy atom. The molecule has 22 nitrogen and oxygen atoms in total. The average molecular weight is 1920 g/mol. The van der Waals surface area contributed by atoms with Gasteiger partial charge in [-0.1, -0.05) is 209 Å². The van der Waals surface area contributed by atoms with Gasteiger partial charge in [-0.05, 0) is 208 Å². The number of ketones is 4. The maximum absolute atomic E-state index is 13.5. The quantitative estimate of drug-likeness (QED) is 0.0208. The number of benzene rings is 8. The van der Waals surface area contributed by atoms with Crippen molar-refractivity contribution in [2.75, 3.05) is 112 Å². The Labute approximate surface area is 840 Å². The third-order valence-electron chi connectivity index (χ3n) is 28.2. The zero-order valence-electron chi connectivity index (χ0n) is 85.8. The van der Waals surface area contributed by atoms with E-state index in [0.717, 1.165) is 298 Å². The van der Waals surface area contributed by atoms with Crippen LogP contribution in [0.3, 0.4) is 0 Å². The molecular weight excluding hydrogens is 1770 g/mol. The van der Waals surface area contributed by atoms with Crippen molar-refractivity contribution in [3.8, 4) is 11.5 Å². The van der Waals surface area contributed by atoms with Gasteiger partial charge >= 0.3 is 0 Å². The van der Waals surface area contributed by atoms with Crippen LogP contribution in [0.15, 0.2) is 207 Å². The van der Waals surface area contributed by atoms with Gasteiger partial charge in [0.05, 0.1) is 47.7 Å². The molecule has 8 aromatic carbocycles. The van der Waals surface area contributed by atoms with Crippen molar-refractivity contribution in [2.24, 2.45) is 29.1 Å². The Balaban J connectivity index is 0.000000159. The number of hydrogen-bond acceptors (Lipinski definition) is 18. The van der Waals surface area contributed by atoms with Crippen molar-refractivity contribution in [2.45, 2.75) is 217 Å². The number of methoxy groups -OCH3 is 2. The summed E-state index contributed by atoms with van der Waals surface area (Å²) < 4.78 is 11.6. The fourth-order valence-electron chi connectivity index (χ4n) is 19.9. The Morgan fingerprint density at radius 2 is 0.599 bits per heavy atom. The molecular formula is C120H148N12O10. The first kappa shape index (κ1) is 106. The van der Waals surface area contributed by atoms with Crippen molar-refractivity contribution >= 4 is 113 Å². The van der Waals surface area contributed by atoms with Gasteiger partial charge in [-0.15, -0.1) is 0 Å². The number of piperidine rings is 4. The molecule has 0 radical (unpaired) electrons. The standard InChI is InChI=1S/C33H43N3O3.C30H37N3O3.C29H35N3O2.C28H33N3O2/c1-6-7-15-34-32(38)24-13-16-36(17-14-24)29-19-26-25(18-23-11-9-8-10-12-23)27(30(37)21-33(2,3)4)22-35-28(26)20-31(29)39-5;1-4-6-14-31-30(35)22-12-15-33(16-13-22)27-18-24-23(17-21-10-8-7-9-11-21)25(28(34)5-2)20-32-26(24)19-29(27)36-3;1-3-5-15-30-29(34)22-13-16-32(17-14-22)23-11-12-27-25(19-23)24(18-21-9-7-6-8-10-21)26(20-31-27)28(33)4-2;1-3-4-14-29-28(33)22-12-15-31(16-13-22)23-10-11-27-25(18-23)24(26(19-30-27)20(2)32)17-21-8-6-5-7-9-21/h8-12,19-20,22,24H,6-7,13-18,21H2,1-5H3,(H,34,38);7-11,18-20,22H,4-6,12-17H2,1-3H3,(H,31,35);6-12,19-20,22H,3-5,13-18H2,1-2H3,(H,30,34);5-11,18-19,22H,3-4,12-17H2,1-2H3,(H,29,33). The molecule has 0 spiro atoms. The van der Waals surface area contributed by atoms with Gasteiger partial charge in [0, 0.05) is 214 Å².